The average Bonchev–Trinajstić information content (AvgIpc) is 2.40. The molecule has 4 heteroatoms. The van der Waals surface area contributed by atoms with Crippen molar-refractivity contribution in [3.8, 4) is 0 Å². The van der Waals surface area contributed by atoms with Crippen LogP contribution in [0.3, 0.4) is 0 Å². The van der Waals surface area contributed by atoms with Crippen molar-refractivity contribution >= 4 is 18.3 Å². The largest absolute Gasteiger partial charge is 0.359 e. The van der Waals surface area contributed by atoms with E-state index in [2.05, 4.69) is 35.8 Å². The Kier molecular flexibility index (Phi) is 6.32. The Balaban J connectivity index is 0.00000180. The average molecular weight is 283 g/mol. The summed E-state index contributed by atoms with van der Waals surface area (Å²) in [6.45, 7) is 4.11. The van der Waals surface area contributed by atoms with Gasteiger partial charge in [0.25, 0.3) is 0 Å². The molecule has 1 fully saturated rings. The normalized spacial score (nSPS) is 17.4. The molecule has 106 valence electrons. The zero-order chi connectivity index (χ0) is 13.0. The second-order valence-corrected chi connectivity index (χ2v) is 5.09. The Morgan fingerprint density at radius 2 is 2.05 bits per heavy atom. The number of aryl methyl sites for hydroxylation is 1. The van der Waals surface area contributed by atoms with Crippen LogP contribution in [0.5, 0.6) is 0 Å². The number of amides is 1. The highest BCUT2D eigenvalue weighted by Gasteiger charge is 2.30. The lowest BCUT2D eigenvalue weighted by Gasteiger charge is -2.30. The summed E-state index contributed by atoms with van der Waals surface area (Å²) in [6, 6.07) is 8.34. The summed E-state index contributed by atoms with van der Waals surface area (Å²) in [4.78, 5) is 12.2. The monoisotopic (exact) mass is 282 g/mol. The first-order valence-electron chi connectivity index (χ1n) is 6.71. The van der Waals surface area contributed by atoms with Crippen LogP contribution in [0.1, 0.15) is 29.9 Å². The second kappa shape index (κ2) is 7.51. The van der Waals surface area contributed by atoms with E-state index in [9.17, 15) is 4.79 Å². The van der Waals surface area contributed by atoms with Gasteiger partial charge < -0.3 is 10.6 Å². The minimum Gasteiger partial charge on any atom is -0.359 e. The van der Waals surface area contributed by atoms with Crippen LogP contribution in [0.15, 0.2) is 24.3 Å². The van der Waals surface area contributed by atoms with Crippen LogP contribution < -0.4 is 10.6 Å². The third-order valence-electron chi connectivity index (χ3n) is 3.79. The molecule has 0 aliphatic carbocycles. The van der Waals surface area contributed by atoms with Gasteiger partial charge >= 0.3 is 0 Å². The molecular weight excluding hydrogens is 260 g/mol. The molecule has 1 atom stereocenters. The van der Waals surface area contributed by atoms with Crippen LogP contribution in [-0.4, -0.2) is 26.0 Å². The van der Waals surface area contributed by atoms with E-state index < -0.39 is 0 Å². The highest BCUT2D eigenvalue weighted by atomic mass is 35.5. The SMILES string of the molecule is CNC(=O)C(c1cccc(C)c1)C1CCNCC1.Cl. The van der Waals surface area contributed by atoms with Gasteiger partial charge in [-0.25, -0.2) is 0 Å². The molecule has 0 radical (unpaired) electrons. The van der Waals surface area contributed by atoms with Crippen LogP contribution in [0.2, 0.25) is 0 Å². The zero-order valence-electron chi connectivity index (χ0n) is 11.6. The molecule has 3 nitrogen and oxygen atoms in total. The quantitative estimate of drug-likeness (QED) is 0.893. The second-order valence-electron chi connectivity index (χ2n) is 5.09. The van der Waals surface area contributed by atoms with Crippen LogP contribution >= 0.6 is 12.4 Å². The van der Waals surface area contributed by atoms with Crippen molar-refractivity contribution in [2.75, 3.05) is 20.1 Å². The molecule has 0 bridgehead atoms. The highest BCUT2D eigenvalue weighted by molar-refractivity contribution is 5.85. The van der Waals surface area contributed by atoms with Gasteiger partial charge in [-0.2, -0.15) is 0 Å². The van der Waals surface area contributed by atoms with Crippen LogP contribution in [0, 0.1) is 12.8 Å². The first-order chi connectivity index (χ1) is 8.72. The summed E-state index contributed by atoms with van der Waals surface area (Å²) in [7, 11) is 1.73. The van der Waals surface area contributed by atoms with Crippen molar-refractivity contribution in [1.29, 1.82) is 0 Å². The van der Waals surface area contributed by atoms with Gasteiger partial charge in [0.15, 0.2) is 0 Å². The van der Waals surface area contributed by atoms with Gasteiger partial charge in [-0.3, -0.25) is 4.79 Å². The van der Waals surface area contributed by atoms with Crippen molar-refractivity contribution in [1.82, 2.24) is 10.6 Å². The molecule has 1 aromatic rings. The Morgan fingerprint density at radius 3 is 2.63 bits per heavy atom. The summed E-state index contributed by atoms with van der Waals surface area (Å²) >= 11 is 0. The van der Waals surface area contributed by atoms with E-state index in [1.807, 2.05) is 6.07 Å². The maximum absolute atomic E-state index is 12.2. The number of hydrogen-bond donors (Lipinski definition) is 2. The lowest BCUT2D eigenvalue weighted by Crippen LogP contribution is -2.37. The summed E-state index contributed by atoms with van der Waals surface area (Å²) in [6.07, 6.45) is 2.15. The Morgan fingerprint density at radius 1 is 1.37 bits per heavy atom. The van der Waals surface area contributed by atoms with E-state index in [1.165, 1.54) is 5.56 Å². The minimum absolute atomic E-state index is 0. The number of halogens is 1. The van der Waals surface area contributed by atoms with Crippen LogP contribution in [-0.2, 0) is 4.79 Å². The summed E-state index contributed by atoms with van der Waals surface area (Å²) in [5.41, 5.74) is 2.37. The summed E-state index contributed by atoms with van der Waals surface area (Å²) < 4.78 is 0. The molecule has 0 saturated carbocycles. The van der Waals surface area contributed by atoms with Gasteiger partial charge in [0.2, 0.25) is 5.91 Å². The van der Waals surface area contributed by atoms with Crippen LogP contribution in [0.4, 0.5) is 0 Å². The first-order valence-corrected chi connectivity index (χ1v) is 6.71. The number of piperidine rings is 1. The highest BCUT2D eigenvalue weighted by Crippen LogP contribution is 2.31. The third kappa shape index (κ3) is 3.95. The Hall–Kier alpha value is -1.06. The van der Waals surface area contributed by atoms with Crippen LogP contribution in [0.25, 0.3) is 0 Å². The fraction of sp³-hybridized carbons (Fsp3) is 0.533. The first kappa shape index (κ1) is 16.0. The minimum atomic E-state index is -0.00278. The van der Waals surface area contributed by atoms with Crippen molar-refractivity contribution in [2.24, 2.45) is 5.92 Å². The van der Waals surface area contributed by atoms with Gasteiger partial charge in [-0.1, -0.05) is 29.8 Å². The van der Waals surface area contributed by atoms with Crippen molar-refractivity contribution < 1.29 is 4.79 Å². The zero-order valence-corrected chi connectivity index (χ0v) is 12.4. The molecule has 1 heterocycles. The fourth-order valence-corrected chi connectivity index (χ4v) is 2.83. The smallest absolute Gasteiger partial charge is 0.227 e. The number of carbonyl (C=O) groups excluding carboxylic acids is 1. The number of benzene rings is 1. The van der Waals surface area contributed by atoms with E-state index in [0.29, 0.717) is 5.92 Å². The van der Waals surface area contributed by atoms with E-state index in [-0.39, 0.29) is 24.2 Å². The van der Waals surface area contributed by atoms with Crippen molar-refractivity contribution in [3.05, 3.63) is 35.4 Å². The molecular formula is C15H23ClN2O. The molecule has 2 N–H and O–H groups in total. The molecule has 1 aromatic carbocycles. The topological polar surface area (TPSA) is 41.1 Å². The predicted octanol–water partition coefficient (Wildman–Crippen LogP) is 2.25. The van der Waals surface area contributed by atoms with Gasteiger partial charge in [-0.05, 0) is 44.3 Å². The Labute approximate surface area is 121 Å². The van der Waals surface area contributed by atoms with E-state index in [0.717, 1.165) is 31.5 Å². The van der Waals surface area contributed by atoms with Gasteiger partial charge in [-0.15, -0.1) is 12.4 Å². The van der Waals surface area contributed by atoms with Crippen molar-refractivity contribution in [2.45, 2.75) is 25.7 Å². The molecule has 1 saturated heterocycles. The third-order valence-corrected chi connectivity index (χ3v) is 3.79. The maximum atomic E-state index is 12.2. The van der Waals surface area contributed by atoms with Crippen molar-refractivity contribution in [3.63, 3.8) is 0 Å². The molecule has 0 spiro atoms. The standard InChI is InChI=1S/C15H22N2O.ClH/c1-11-4-3-5-13(10-11)14(15(18)16-2)12-6-8-17-9-7-12;/h3-5,10,12,14,17H,6-9H2,1-2H3,(H,16,18);1H. The van der Waals surface area contributed by atoms with Gasteiger partial charge in [0.1, 0.15) is 0 Å². The lowest BCUT2D eigenvalue weighted by atomic mass is 9.79. The van der Waals surface area contributed by atoms with E-state index in [4.69, 9.17) is 0 Å². The molecule has 2 rings (SSSR count). The van der Waals surface area contributed by atoms with Gasteiger partial charge in [0, 0.05) is 7.05 Å². The number of carbonyl (C=O) groups is 1. The number of nitrogens with one attached hydrogen (secondary N) is 2. The summed E-state index contributed by atoms with van der Waals surface area (Å²) in [5.74, 6) is 0.595. The number of rotatable bonds is 3. The fourth-order valence-electron chi connectivity index (χ4n) is 2.83. The molecule has 1 unspecified atom stereocenters. The van der Waals surface area contributed by atoms with E-state index in [1.54, 1.807) is 7.05 Å². The maximum Gasteiger partial charge on any atom is 0.227 e. The molecule has 0 aromatic heterocycles. The molecule has 1 aliphatic heterocycles. The predicted molar refractivity (Wildman–Crippen MR) is 80.8 cm³/mol. The number of likely N-dealkylation sites (N-methyl/N-ethyl adjacent to an activating group) is 1. The van der Waals surface area contributed by atoms with Gasteiger partial charge in [0.05, 0.1) is 5.92 Å². The molecule has 19 heavy (non-hydrogen) atoms. The number of hydrogen-bond acceptors (Lipinski definition) is 2. The van der Waals surface area contributed by atoms with E-state index >= 15 is 0 Å². The summed E-state index contributed by atoms with van der Waals surface area (Å²) in [5, 5.41) is 6.18. The molecule has 1 aliphatic rings. The molecule has 1 amide bonds. The lowest BCUT2D eigenvalue weighted by molar-refractivity contribution is -0.123. The Bertz CT molecular complexity index is 416.